The smallest absolute Gasteiger partial charge is 0.280 e. The lowest BCUT2D eigenvalue weighted by atomic mass is 10.2. The Labute approximate surface area is 143 Å². The molecule has 0 aromatic heterocycles. The van der Waals surface area contributed by atoms with Gasteiger partial charge >= 0.3 is 0 Å². The number of benzene rings is 1. The number of rotatable bonds is 2. The van der Waals surface area contributed by atoms with E-state index in [-0.39, 0.29) is 5.91 Å². The maximum absolute atomic E-state index is 12.8. The van der Waals surface area contributed by atoms with Gasteiger partial charge in [-0.3, -0.25) is 9.69 Å². The normalized spacial score (nSPS) is 19.4. The van der Waals surface area contributed by atoms with Crippen LogP contribution in [0.25, 0.3) is 0 Å². The summed E-state index contributed by atoms with van der Waals surface area (Å²) in [6.07, 6.45) is 0. The number of piperazine rings is 1. The Hall–Kier alpha value is -1.20. The number of anilines is 1. The molecule has 1 saturated heterocycles. The van der Waals surface area contributed by atoms with E-state index in [1.807, 2.05) is 4.90 Å². The molecule has 2 aliphatic rings. The topological polar surface area (TPSA) is 35.6 Å². The predicted octanol–water partition coefficient (Wildman–Crippen LogP) is 3.21. The fourth-order valence-corrected chi connectivity index (χ4v) is 3.30. The molecule has 3 rings (SSSR count). The number of nitrogens with zero attached hydrogens (tertiary/aromatic N) is 2. The molecule has 7 heteroatoms. The number of hydrogen-bond acceptors (Lipinski definition) is 3. The molecule has 0 radical (unpaired) electrons. The van der Waals surface area contributed by atoms with Crippen molar-refractivity contribution in [2.45, 2.75) is 0 Å². The number of amides is 1. The monoisotopic (exact) mass is 357 g/mol. The minimum Gasteiger partial charge on any atom is -0.363 e. The van der Waals surface area contributed by atoms with Crippen molar-refractivity contribution >= 4 is 46.4 Å². The zero-order valence-corrected chi connectivity index (χ0v) is 14.0. The van der Waals surface area contributed by atoms with Crippen molar-refractivity contribution in [3.63, 3.8) is 0 Å². The van der Waals surface area contributed by atoms with Gasteiger partial charge in [-0.2, -0.15) is 0 Å². The van der Waals surface area contributed by atoms with Gasteiger partial charge in [0.05, 0.1) is 26.5 Å². The van der Waals surface area contributed by atoms with Crippen LogP contribution in [-0.2, 0) is 4.79 Å². The molecule has 4 nitrogen and oxygen atoms in total. The minimum absolute atomic E-state index is 0.221. The molecule has 1 amide bonds. The maximum atomic E-state index is 12.8. The predicted molar refractivity (Wildman–Crippen MR) is 90.4 cm³/mol. The molecule has 1 fully saturated rings. The van der Waals surface area contributed by atoms with E-state index in [1.165, 1.54) is 4.90 Å². The first-order valence-electron chi connectivity index (χ1n) is 6.85. The van der Waals surface area contributed by atoms with Crippen LogP contribution in [0, 0.1) is 0 Å². The maximum Gasteiger partial charge on any atom is 0.280 e. The Morgan fingerprint density at radius 3 is 2.50 bits per heavy atom. The number of allylic oxidation sites excluding steroid dienone is 1. The van der Waals surface area contributed by atoms with Gasteiger partial charge < -0.3 is 10.2 Å². The second kappa shape index (κ2) is 6.13. The number of carbonyl (C=O) groups excluding carboxylic acids is 1. The van der Waals surface area contributed by atoms with Gasteiger partial charge in [-0.15, -0.1) is 0 Å². The van der Waals surface area contributed by atoms with Crippen molar-refractivity contribution in [3.8, 4) is 0 Å². The molecule has 1 aromatic rings. The van der Waals surface area contributed by atoms with E-state index >= 15 is 0 Å². The van der Waals surface area contributed by atoms with Crippen molar-refractivity contribution in [1.82, 2.24) is 10.2 Å². The lowest BCUT2D eigenvalue weighted by Gasteiger charge is -2.30. The van der Waals surface area contributed by atoms with Gasteiger partial charge in [-0.1, -0.05) is 47.4 Å². The second-order valence-electron chi connectivity index (χ2n) is 5.06. The second-order valence-corrected chi connectivity index (χ2v) is 6.22. The molecule has 0 spiro atoms. The van der Waals surface area contributed by atoms with Crippen molar-refractivity contribution in [1.29, 1.82) is 0 Å². The third-order valence-corrected chi connectivity index (χ3v) is 4.95. The van der Waals surface area contributed by atoms with E-state index < -0.39 is 0 Å². The van der Waals surface area contributed by atoms with Crippen LogP contribution >= 0.6 is 34.8 Å². The molecule has 0 atom stereocenters. The number of carbonyl (C=O) groups is 1. The van der Waals surface area contributed by atoms with E-state index in [0.717, 1.165) is 26.2 Å². The molecule has 2 aliphatic heterocycles. The van der Waals surface area contributed by atoms with E-state index in [4.69, 9.17) is 34.8 Å². The molecule has 0 saturated carbocycles. The molecule has 0 bridgehead atoms. The molecule has 0 unspecified atom stereocenters. The van der Waals surface area contributed by atoms with Gasteiger partial charge in [-0.25, -0.2) is 0 Å². The summed E-state index contributed by atoms with van der Waals surface area (Å²) in [5.41, 5.74) is 1.39. The molecule has 1 aromatic carbocycles. The first-order chi connectivity index (χ1) is 10.5. The van der Waals surface area contributed by atoms with Gasteiger partial charge in [0.15, 0.2) is 0 Å². The van der Waals surface area contributed by atoms with Crippen molar-refractivity contribution in [2.24, 2.45) is 0 Å². The summed E-state index contributed by atoms with van der Waals surface area (Å²) in [6, 6.07) is 5.13. The van der Waals surface area contributed by atoms with Crippen molar-refractivity contribution in [3.05, 3.63) is 51.2 Å². The number of nitrogens with one attached hydrogen (secondary N) is 1. The minimum atomic E-state index is -0.221. The zero-order chi connectivity index (χ0) is 15.9. The SMILES string of the molecule is C=C1C(Cl)=C(N2CCNCC2)C(=O)N1c1cccc(Cl)c1Cl. The largest absolute Gasteiger partial charge is 0.363 e. The van der Waals surface area contributed by atoms with Gasteiger partial charge in [0.2, 0.25) is 0 Å². The van der Waals surface area contributed by atoms with E-state index in [2.05, 4.69) is 11.9 Å². The molecular weight excluding hydrogens is 345 g/mol. The van der Waals surface area contributed by atoms with Crippen LogP contribution in [0.3, 0.4) is 0 Å². The number of hydrogen-bond donors (Lipinski definition) is 1. The molecule has 22 heavy (non-hydrogen) atoms. The fraction of sp³-hybridized carbons (Fsp3) is 0.267. The Morgan fingerprint density at radius 1 is 1.14 bits per heavy atom. The van der Waals surface area contributed by atoms with Crippen LogP contribution < -0.4 is 10.2 Å². The Kier molecular flexibility index (Phi) is 4.37. The Balaban J connectivity index is 1.98. The summed E-state index contributed by atoms with van der Waals surface area (Å²) < 4.78 is 0. The van der Waals surface area contributed by atoms with Crippen LogP contribution in [0.4, 0.5) is 5.69 Å². The molecule has 116 valence electrons. The highest BCUT2D eigenvalue weighted by Crippen LogP contribution is 2.41. The number of halogens is 3. The third kappa shape index (κ3) is 2.50. The average molecular weight is 359 g/mol. The zero-order valence-electron chi connectivity index (χ0n) is 11.7. The van der Waals surface area contributed by atoms with Gasteiger partial charge in [-0.05, 0) is 12.1 Å². The Morgan fingerprint density at radius 2 is 1.82 bits per heavy atom. The fourth-order valence-electron chi connectivity index (χ4n) is 2.64. The van der Waals surface area contributed by atoms with Crippen molar-refractivity contribution < 1.29 is 4.79 Å². The van der Waals surface area contributed by atoms with E-state index in [9.17, 15) is 4.79 Å². The summed E-state index contributed by atoms with van der Waals surface area (Å²) in [5, 5.41) is 4.30. The van der Waals surface area contributed by atoms with E-state index in [0.29, 0.717) is 32.2 Å². The molecule has 2 heterocycles. The third-order valence-electron chi connectivity index (χ3n) is 3.74. The quantitative estimate of drug-likeness (QED) is 0.882. The van der Waals surface area contributed by atoms with Crippen LogP contribution in [0.5, 0.6) is 0 Å². The summed E-state index contributed by atoms with van der Waals surface area (Å²) >= 11 is 18.7. The summed E-state index contributed by atoms with van der Waals surface area (Å²) in [7, 11) is 0. The molecular formula is C15H14Cl3N3O. The lowest BCUT2D eigenvalue weighted by molar-refractivity contribution is -0.115. The molecule has 1 N–H and O–H groups in total. The van der Waals surface area contributed by atoms with Gasteiger partial charge in [0.1, 0.15) is 5.70 Å². The van der Waals surface area contributed by atoms with Gasteiger partial charge in [0, 0.05) is 26.2 Å². The highest BCUT2D eigenvalue weighted by atomic mass is 35.5. The van der Waals surface area contributed by atoms with E-state index in [1.54, 1.807) is 18.2 Å². The first kappa shape index (κ1) is 15.7. The summed E-state index contributed by atoms with van der Waals surface area (Å²) in [6.45, 7) is 7.00. The summed E-state index contributed by atoms with van der Waals surface area (Å²) in [5.74, 6) is -0.221. The first-order valence-corrected chi connectivity index (χ1v) is 7.99. The Bertz CT molecular complexity index is 681. The lowest BCUT2D eigenvalue weighted by Crippen LogP contribution is -2.45. The van der Waals surface area contributed by atoms with Crippen LogP contribution in [0.15, 0.2) is 41.2 Å². The molecule has 0 aliphatic carbocycles. The van der Waals surface area contributed by atoms with Crippen LogP contribution in [-0.4, -0.2) is 37.0 Å². The van der Waals surface area contributed by atoms with Gasteiger partial charge in [0.25, 0.3) is 5.91 Å². The van der Waals surface area contributed by atoms with Crippen LogP contribution in [0.1, 0.15) is 0 Å². The standard InChI is InChI=1S/C15H14Cl3N3O/c1-9-12(17)14(20-7-5-19-6-8-20)15(22)21(9)11-4-2-3-10(16)13(11)18/h2-4,19H,1,5-8H2. The highest BCUT2D eigenvalue weighted by Gasteiger charge is 2.38. The van der Waals surface area contributed by atoms with Crippen molar-refractivity contribution in [2.75, 3.05) is 31.1 Å². The van der Waals surface area contributed by atoms with Crippen LogP contribution in [0.2, 0.25) is 10.0 Å². The average Bonchev–Trinajstić information content (AvgIpc) is 2.74. The summed E-state index contributed by atoms with van der Waals surface area (Å²) in [4.78, 5) is 16.3. The highest BCUT2D eigenvalue weighted by molar-refractivity contribution is 6.45.